The second kappa shape index (κ2) is 6.98. The maximum atomic E-state index is 11.8. The molecule has 18 heavy (non-hydrogen) atoms. The molecule has 0 aromatic rings. The number of aliphatic hydroxyl groups excluding tert-OH is 1. The van der Waals surface area contributed by atoms with Crippen molar-refractivity contribution < 1.29 is 9.90 Å². The van der Waals surface area contributed by atoms with Crippen molar-refractivity contribution in [2.45, 2.75) is 72.4 Å². The van der Waals surface area contributed by atoms with Crippen LogP contribution >= 0.6 is 0 Å². The van der Waals surface area contributed by atoms with E-state index < -0.39 is 0 Å². The first-order chi connectivity index (χ1) is 8.08. The van der Waals surface area contributed by atoms with Gasteiger partial charge in [0.15, 0.2) is 0 Å². The molecule has 0 saturated carbocycles. The van der Waals surface area contributed by atoms with Crippen LogP contribution in [-0.2, 0) is 0 Å². The van der Waals surface area contributed by atoms with Crippen molar-refractivity contribution in [3.63, 3.8) is 0 Å². The molecule has 0 radical (unpaired) electrons. The molecule has 1 atom stereocenters. The minimum absolute atomic E-state index is 0.0968. The summed E-state index contributed by atoms with van der Waals surface area (Å²) in [6, 6.07) is -0.132. The van der Waals surface area contributed by atoms with E-state index in [-0.39, 0.29) is 23.1 Å². The molecule has 4 heteroatoms. The van der Waals surface area contributed by atoms with Crippen LogP contribution in [-0.4, -0.2) is 29.3 Å². The third-order valence-corrected chi connectivity index (χ3v) is 2.90. The van der Waals surface area contributed by atoms with E-state index in [2.05, 4.69) is 17.6 Å². The van der Waals surface area contributed by atoms with Gasteiger partial charge in [-0.15, -0.1) is 0 Å². The highest BCUT2D eigenvalue weighted by Crippen LogP contribution is 2.21. The third kappa shape index (κ3) is 8.34. The van der Waals surface area contributed by atoms with Crippen LogP contribution in [0.25, 0.3) is 0 Å². The lowest BCUT2D eigenvalue weighted by atomic mass is 9.87. The molecule has 4 nitrogen and oxygen atoms in total. The Kier molecular flexibility index (Phi) is 6.68. The van der Waals surface area contributed by atoms with E-state index >= 15 is 0 Å². The number of carbonyl (C=O) groups is 1. The molecule has 2 amide bonds. The molecular formula is C14H30N2O2. The van der Waals surface area contributed by atoms with E-state index in [1.165, 1.54) is 0 Å². The Hall–Kier alpha value is -0.770. The summed E-state index contributed by atoms with van der Waals surface area (Å²) in [5.74, 6) is 0. The molecule has 0 aromatic carbocycles. The fourth-order valence-electron chi connectivity index (χ4n) is 2.23. The second-order valence-electron chi connectivity index (χ2n) is 6.66. The number of hydrogen-bond acceptors (Lipinski definition) is 2. The highest BCUT2D eigenvalue weighted by atomic mass is 16.3. The van der Waals surface area contributed by atoms with Crippen molar-refractivity contribution in [1.82, 2.24) is 10.6 Å². The number of carbonyl (C=O) groups excluding carboxylic acids is 1. The lowest BCUT2D eigenvalue weighted by Gasteiger charge is -2.29. The van der Waals surface area contributed by atoms with Gasteiger partial charge in [0.05, 0.1) is 6.10 Å². The van der Waals surface area contributed by atoms with Crippen LogP contribution in [0.4, 0.5) is 4.79 Å². The van der Waals surface area contributed by atoms with Gasteiger partial charge >= 0.3 is 6.03 Å². The summed E-state index contributed by atoms with van der Waals surface area (Å²) in [5, 5.41) is 15.2. The number of amides is 2. The zero-order chi connectivity index (χ0) is 14.4. The van der Waals surface area contributed by atoms with Crippen LogP contribution in [0.5, 0.6) is 0 Å². The fraction of sp³-hybridized carbons (Fsp3) is 0.929. The van der Waals surface area contributed by atoms with Crippen molar-refractivity contribution >= 4 is 6.03 Å². The number of rotatable bonds is 7. The van der Waals surface area contributed by atoms with Gasteiger partial charge < -0.3 is 15.7 Å². The average molecular weight is 258 g/mol. The normalized spacial score (nSPS) is 14.2. The Morgan fingerprint density at radius 3 is 2.28 bits per heavy atom. The molecule has 0 heterocycles. The zero-order valence-electron chi connectivity index (χ0n) is 12.8. The van der Waals surface area contributed by atoms with Crippen LogP contribution in [0.2, 0.25) is 0 Å². The SMILES string of the molecule is CCCC(C)(C)NC(=O)NCC(C)(C)CC(C)O. The largest absolute Gasteiger partial charge is 0.393 e. The predicted octanol–water partition coefficient (Wildman–Crippen LogP) is 2.66. The van der Waals surface area contributed by atoms with E-state index in [1.807, 2.05) is 27.7 Å². The minimum Gasteiger partial charge on any atom is -0.393 e. The van der Waals surface area contributed by atoms with Gasteiger partial charge in [-0.3, -0.25) is 0 Å². The maximum absolute atomic E-state index is 11.8. The monoisotopic (exact) mass is 258 g/mol. The van der Waals surface area contributed by atoms with Crippen molar-refractivity contribution in [3.8, 4) is 0 Å². The molecule has 0 saturated heterocycles. The van der Waals surface area contributed by atoms with Gasteiger partial charge in [-0.25, -0.2) is 4.79 Å². The molecule has 0 aliphatic rings. The van der Waals surface area contributed by atoms with E-state index in [9.17, 15) is 9.90 Å². The first-order valence-corrected chi connectivity index (χ1v) is 6.82. The molecule has 0 rings (SSSR count). The molecule has 0 aromatic heterocycles. The summed E-state index contributed by atoms with van der Waals surface area (Å²) in [7, 11) is 0. The maximum Gasteiger partial charge on any atom is 0.315 e. The Morgan fingerprint density at radius 1 is 1.28 bits per heavy atom. The Balaban J connectivity index is 4.11. The molecule has 0 aliphatic carbocycles. The average Bonchev–Trinajstić information content (AvgIpc) is 2.11. The topological polar surface area (TPSA) is 61.4 Å². The van der Waals surface area contributed by atoms with Crippen LogP contribution < -0.4 is 10.6 Å². The molecule has 108 valence electrons. The van der Waals surface area contributed by atoms with Crippen molar-refractivity contribution in [2.75, 3.05) is 6.54 Å². The van der Waals surface area contributed by atoms with E-state index in [1.54, 1.807) is 6.92 Å². The van der Waals surface area contributed by atoms with Gasteiger partial charge in [0.25, 0.3) is 0 Å². The lowest BCUT2D eigenvalue weighted by Crippen LogP contribution is -2.50. The van der Waals surface area contributed by atoms with Gasteiger partial charge in [0.2, 0.25) is 0 Å². The summed E-state index contributed by atoms with van der Waals surface area (Å²) in [5.41, 5.74) is -0.270. The fourth-order valence-corrected chi connectivity index (χ4v) is 2.23. The van der Waals surface area contributed by atoms with Crippen molar-refractivity contribution in [3.05, 3.63) is 0 Å². The van der Waals surface area contributed by atoms with E-state index in [0.717, 1.165) is 12.8 Å². The van der Waals surface area contributed by atoms with Crippen molar-refractivity contribution in [2.24, 2.45) is 5.41 Å². The predicted molar refractivity (Wildman–Crippen MR) is 75.6 cm³/mol. The Bertz CT molecular complexity index is 261. The first kappa shape index (κ1) is 17.2. The summed E-state index contributed by atoms with van der Waals surface area (Å²) < 4.78 is 0. The second-order valence-corrected chi connectivity index (χ2v) is 6.66. The summed E-state index contributed by atoms with van der Waals surface area (Å²) in [6.07, 6.45) is 2.32. The Labute approximate surface area is 112 Å². The zero-order valence-corrected chi connectivity index (χ0v) is 12.8. The summed E-state index contributed by atoms with van der Waals surface area (Å²) in [6.45, 7) is 12.6. The molecule has 0 fully saturated rings. The number of nitrogens with one attached hydrogen (secondary N) is 2. The lowest BCUT2D eigenvalue weighted by molar-refractivity contribution is 0.128. The molecule has 0 aliphatic heterocycles. The Morgan fingerprint density at radius 2 is 1.83 bits per heavy atom. The quantitative estimate of drug-likeness (QED) is 0.657. The van der Waals surface area contributed by atoms with Gasteiger partial charge in [0.1, 0.15) is 0 Å². The highest BCUT2D eigenvalue weighted by molar-refractivity contribution is 5.74. The highest BCUT2D eigenvalue weighted by Gasteiger charge is 2.23. The molecule has 3 N–H and O–H groups in total. The van der Waals surface area contributed by atoms with Gasteiger partial charge in [0, 0.05) is 12.1 Å². The van der Waals surface area contributed by atoms with Gasteiger partial charge in [-0.1, -0.05) is 27.2 Å². The molecule has 1 unspecified atom stereocenters. The van der Waals surface area contributed by atoms with Crippen molar-refractivity contribution in [1.29, 1.82) is 0 Å². The molecule has 0 bridgehead atoms. The van der Waals surface area contributed by atoms with Crippen LogP contribution in [0.15, 0.2) is 0 Å². The standard InChI is InChI=1S/C14H30N2O2/c1-7-8-14(5,6)16-12(18)15-10-13(3,4)9-11(2)17/h11,17H,7-10H2,1-6H3,(H2,15,16,18). The van der Waals surface area contributed by atoms with Gasteiger partial charge in [-0.2, -0.15) is 0 Å². The number of urea groups is 1. The number of hydrogen-bond donors (Lipinski definition) is 3. The van der Waals surface area contributed by atoms with Crippen LogP contribution in [0.1, 0.15) is 60.8 Å². The summed E-state index contributed by atoms with van der Waals surface area (Å²) in [4.78, 5) is 11.8. The van der Waals surface area contributed by atoms with E-state index in [0.29, 0.717) is 13.0 Å². The first-order valence-electron chi connectivity index (χ1n) is 6.82. The summed E-state index contributed by atoms with van der Waals surface area (Å²) >= 11 is 0. The minimum atomic E-state index is -0.346. The molecule has 0 spiro atoms. The van der Waals surface area contributed by atoms with Crippen LogP contribution in [0, 0.1) is 5.41 Å². The van der Waals surface area contributed by atoms with E-state index in [4.69, 9.17) is 0 Å². The number of aliphatic hydroxyl groups is 1. The third-order valence-electron chi connectivity index (χ3n) is 2.90. The smallest absolute Gasteiger partial charge is 0.315 e. The van der Waals surface area contributed by atoms with Gasteiger partial charge in [-0.05, 0) is 39.0 Å². The molecular weight excluding hydrogens is 228 g/mol. The van der Waals surface area contributed by atoms with Crippen LogP contribution in [0.3, 0.4) is 0 Å².